The van der Waals surface area contributed by atoms with Crippen molar-refractivity contribution in [2.24, 2.45) is 0 Å². The number of aryl methyl sites for hydroxylation is 1. The minimum Gasteiger partial charge on any atom is -0.462 e. The summed E-state index contributed by atoms with van der Waals surface area (Å²) in [6.45, 7) is 3.22. The molecule has 1 aromatic carbocycles. The molecule has 322 valence electrons. The number of unbranched alkanes of at least 4 members (excludes halogenated alkanes) is 16. The molecule has 0 bridgehead atoms. The average molecular weight is 821 g/mol. The highest BCUT2D eigenvalue weighted by Gasteiger charge is 2.27. The van der Waals surface area contributed by atoms with E-state index in [4.69, 9.17) is 18.5 Å². The molecule has 0 saturated carbocycles. The third-order valence-electron chi connectivity index (χ3n) is 9.67. The highest BCUT2D eigenvalue weighted by atomic mass is 31.2. The first-order chi connectivity index (χ1) is 27.5. The van der Waals surface area contributed by atoms with Gasteiger partial charge in [-0.25, -0.2) is 9.46 Å². The lowest BCUT2D eigenvalue weighted by molar-refractivity contribution is -0.161. The number of esters is 2. The van der Waals surface area contributed by atoms with Gasteiger partial charge in [0.15, 0.2) is 6.10 Å². The highest BCUT2D eigenvalue weighted by Crippen LogP contribution is 2.43. The van der Waals surface area contributed by atoms with Crippen molar-refractivity contribution in [2.75, 3.05) is 31.3 Å². The maximum Gasteiger partial charge on any atom is 0.472 e. The summed E-state index contributed by atoms with van der Waals surface area (Å²) in [5.41, 5.74) is 1.41. The second-order valence-corrected chi connectivity index (χ2v) is 16.2. The summed E-state index contributed by atoms with van der Waals surface area (Å²) in [7, 11) is -4.59. The summed E-state index contributed by atoms with van der Waals surface area (Å²) in [6.07, 6.45) is 23.0. The van der Waals surface area contributed by atoms with Crippen molar-refractivity contribution in [1.29, 1.82) is 0 Å². The molecule has 14 heteroatoms. The van der Waals surface area contributed by atoms with Crippen LogP contribution in [0.1, 0.15) is 161 Å². The maximum absolute atomic E-state index is 12.7. The topological polar surface area (TPSA) is 175 Å². The van der Waals surface area contributed by atoms with Gasteiger partial charge in [0.25, 0.3) is 11.8 Å². The van der Waals surface area contributed by atoms with Gasteiger partial charge < -0.3 is 19.7 Å². The predicted octanol–water partition coefficient (Wildman–Crippen LogP) is 8.99. The van der Waals surface area contributed by atoms with Crippen LogP contribution in [0.4, 0.5) is 5.69 Å². The minimum absolute atomic E-state index is 0.0407. The van der Waals surface area contributed by atoms with Crippen LogP contribution in [0.25, 0.3) is 0 Å². The number of anilines is 1. The molecule has 57 heavy (non-hydrogen) atoms. The Labute approximate surface area is 340 Å². The number of rotatable bonds is 35. The van der Waals surface area contributed by atoms with E-state index in [0.717, 1.165) is 49.0 Å². The van der Waals surface area contributed by atoms with Crippen molar-refractivity contribution >= 4 is 43.2 Å². The lowest BCUT2D eigenvalue weighted by Gasteiger charge is -2.20. The molecule has 3 amide bonds. The molecule has 2 rings (SSSR count). The number of nitrogens with zero attached hydrogens (tertiary/aromatic N) is 1. The Morgan fingerprint density at radius 3 is 1.72 bits per heavy atom. The summed E-state index contributed by atoms with van der Waals surface area (Å²) in [5, 5.41) is 2.64. The third kappa shape index (κ3) is 24.2. The molecule has 0 fully saturated rings. The van der Waals surface area contributed by atoms with Crippen LogP contribution in [-0.2, 0) is 53.5 Å². The van der Waals surface area contributed by atoms with Crippen LogP contribution in [0.3, 0.4) is 0 Å². The van der Waals surface area contributed by atoms with E-state index in [1.807, 2.05) is 0 Å². The zero-order chi connectivity index (χ0) is 41.6. The van der Waals surface area contributed by atoms with Crippen molar-refractivity contribution in [3.05, 3.63) is 42.0 Å². The van der Waals surface area contributed by atoms with E-state index in [9.17, 15) is 33.4 Å². The van der Waals surface area contributed by atoms with Crippen molar-refractivity contribution in [3.63, 3.8) is 0 Å². The Balaban J connectivity index is 1.70. The molecule has 1 aromatic rings. The van der Waals surface area contributed by atoms with E-state index in [-0.39, 0.29) is 56.7 Å². The molecule has 0 saturated heterocycles. The largest absolute Gasteiger partial charge is 0.472 e. The van der Waals surface area contributed by atoms with Crippen molar-refractivity contribution in [3.8, 4) is 0 Å². The van der Waals surface area contributed by atoms with E-state index < -0.39 is 32.5 Å². The van der Waals surface area contributed by atoms with Gasteiger partial charge in [-0.05, 0) is 43.4 Å². The summed E-state index contributed by atoms with van der Waals surface area (Å²) < 4.78 is 33.6. The predicted molar refractivity (Wildman–Crippen MR) is 220 cm³/mol. The maximum atomic E-state index is 12.7. The average Bonchev–Trinajstić information content (AvgIpc) is 3.53. The number of hydrogen-bond donors (Lipinski definition) is 2. The molecule has 1 aliphatic heterocycles. The molecule has 0 aliphatic carbocycles. The van der Waals surface area contributed by atoms with Crippen LogP contribution < -0.4 is 10.2 Å². The first-order valence-corrected chi connectivity index (χ1v) is 22.9. The first kappa shape index (κ1) is 49.8. The van der Waals surface area contributed by atoms with Crippen molar-refractivity contribution < 1.29 is 52.0 Å². The number of imide groups is 1. The fourth-order valence-electron chi connectivity index (χ4n) is 6.35. The van der Waals surface area contributed by atoms with E-state index in [0.29, 0.717) is 31.4 Å². The van der Waals surface area contributed by atoms with Gasteiger partial charge in [-0.15, -0.1) is 0 Å². The Morgan fingerprint density at radius 2 is 1.18 bits per heavy atom. The number of amides is 3. The number of hydrogen-bond acceptors (Lipinski definition) is 10. The number of carbonyl (C=O) groups is 5. The smallest absolute Gasteiger partial charge is 0.462 e. The first-order valence-electron chi connectivity index (χ1n) is 21.4. The fourth-order valence-corrected chi connectivity index (χ4v) is 7.10. The number of phosphoric ester groups is 1. The molecule has 1 heterocycles. The standard InChI is InChI=1S/C43H69N2O11P/c1-3-5-7-9-11-13-15-17-19-24-42(49)53-34-38(56-43(50)25-20-18-16-14-12-10-8-6-4-2)35-55-57(51,52)54-33-32-44-39(46)23-21-22-36-26-28-37(29-27-36)45-40(47)30-31-41(45)48/h26-31,38H,3-25,32-35H2,1-2H3,(H,44,46)(H,51,52). The molecule has 0 aromatic heterocycles. The molecule has 2 unspecified atom stereocenters. The summed E-state index contributed by atoms with van der Waals surface area (Å²) in [4.78, 5) is 72.5. The lowest BCUT2D eigenvalue weighted by atomic mass is 10.1. The molecule has 2 N–H and O–H groups in total. The van der Waals surface area contributed by atoms with E-state index in [1.54, 1.807) is 24.3 Å². The van der Waals surface area contributed by atoms with Gasteiger partial charge in [0.2, 0.25) is 5.91 Å². The fraction of sp³-hybridized carbons (Fsp3) is 0.698. The van der Waals surface area contributed by atoms with Gasteiger partial charge in [-0.2, -0.15) is 0 Å². The molecule has 0 radical (unpaired) electrons. The number of phosphoric acid groups is 1. The molecule has 13 nitrogen and oxygen atoms in total. The normalized spacial score (nSPS) is 14.1. The second kappa shape index (κ2) is 30.7. The van der Waals surface area contributed by atoms with Gasteiger partial charge in [0.1, 0.15) is 6.61 Å². The Hall–Kier alpha value is -3.38. The highest BCUT2D eigenvalue weighted by molar-refractivity contribution is 7.47. The SMILES string of the molecule is CCCCCCCCCCCC(=O)OCC(COP(=O)(O)OCCNC(=O)CCCc1ccc(N2C(=O)C=CC2=O)cc1)OC(=O)CCCCCCCCCCC. The van der Waals surface area contributed by atoms with Crippen LogP contribution in [0.15, 0.2) is 36.4 Å². The Bertz CT molecular complexity index is 1380. The number of carbonyl (C=O) groups excluding carboxylic acids is 5. The van der Waals surface area contributed by atoms with Crippen LogP contribution in [0.5, 0.6) is 0 Å². The zero-order valence-electron chi connectivity index (χ0n) is 34.6. The Kier molecular flexibility index (Phi) is 26.8. The number of benzene rings is 1. The quantitative estimate of drug-likeness (QED) is 0.0289. The number of ether oxygens (including phenoxy) is 2. The lowest BCUT2D eigenvalue weighted by Crippen LogP contribution is -2.30. The minimum atomic E-state index is -4.59. The van der Waals surface area contributed by atoms with Gasteiger partial charge in [-0.1, -0.05) is 129 Å². The summed E-state index contributed by atoms with van der Waals surface area (Å²) in [6, 6.07) is 6.96. The molecular weight excluding hydrogens is 751 g/mol. The van der Waals surface area contributed by atoms with E-state index in [2.05, 4.69) is 19.2 Å². The van der Waals surface area contributed by atoms with E-state index >= 15 is 0 Å². The van der Waals surface area contributed by atoms with Gasteiger partial charge in [0, 0.05) is 38.0 Å². The van der Waals surface area contributed by atoms with Gasteiger partial charge in [-0.3, -0.25) is 33.0 Å². The van der Waals surface area contributed by atoms with Crippen LogP contribution in [0.2, 0.25) is 0 Å². The molecule has 2 atom stereocenters. The summed E-state index contributed by atoms with van der Waals surface area (Å²) >= 11 is 0. The van der Waals surface area contributed by atoms with Crippen molar-refractivity contribution in [1.82, 2.24) is 5.32 Å². The molecule has 1 aliphatic rings. The van der Waals surface area contributed by atoms with Crippen molar-refractivity contribution in [2.45, 2.75) is 168 Å². The second-order valence-electron chi connectivity index (χ2n) is 14.8. The summed E-state index contributed by atoms with van der Waals surface area (Å²) in [5.74, 6) is -1.98. The third-order valence-corrected chi connectivity index (χ3v) is 10.7. The van der Waals surface area contributed by atoms with Crippen LogP contribution in [-0.4, -0.2) is 67.0 Å². The number of nitrogens with one attached hydrogen (secondary N) is 1. The van der Waals surface area contributed by atoms with E-state index in [1.165, 1.54) is 76.4 Å². The monoisotopic (exact) mass is 820 g/mol. The van der Waals surface area contributed by atoms with Gasteiger partial charge >= 0.3 is 19.8 Å². The van der Waals surface area contributed by atoms with Gasteiger partial charge in [0.05, 0.1) is 18.9 Å². The molecular formula is C43H69N2O11P. The zero-order valence-corrected chi connectivity index (χ0v) is 35.5. The van der Waals surface area contributed by atoms with Crippen LogP contribution >= 0.6 is 7.82 Å². The molecule has 0 spiro atoms. The van der Waals surface area contributed by atoms with Crippen LogP contribution in [0, 0.1) is 0 Å². The Morgan fingerprint density at radius 1 is 0.667 bits per heavy atom.